The SMILES string of the molecule is CCOC(=O)C1CCCCN1Cc1cnc2ccccc2c1. The van der Waals surface area contributed by atoms with Crippen molar-refractivity contribution in [2.45, 2.75) is 38.8 Å². The van der Waals surface area contributed by atoms with Crippen LogP contribution in [0.4, 0.5) is 0 Å². The Kier molecular flexibility index (Phi) is 4.68. The molecule has 0 aliphatic carbocycles. The van der Waals surface area contributed by atoms with E-state index in [9.17, 15) is 4.79 Å². The summed E-state index contributed by atoms with van der Waals surface area (Å²) in [4.78, 5) is 18.9. The Morgan fingerprint density at radius 2 is 2.23 bits per heavy atom. The molecule has 4 heteroatoms. The van der Waals surface area contributed by atoms with Crippen LogP contribution < -0.4 is 0 Å². The number of nitrogens with zero attached hydrogens (tertiary/aromatic N) is 2. The highest BCUT2D eigenvalue weighted by molar-refractivity contribution is 5.79. The normalized spacial score (nSPS) is 19.2. The van der Waals surface area contributed by atoms with E-state index in [0.717, 1.165) is 48.8 Å². The lowest BCUT2D eigenvalue weighted by Gasteiger charge is -2.33. The number of piperidine rings is 1. The van der Waals surface area contributed by atoms with E-state index < -0.39 is 0 Å². The van der Waals surface area contributed by atoms with Gasteiger partial charge in [0.15, 0.2) is 0 Å². The standard InChI is InChI=1S/C18H22N2O2/c1-2-22-18(21)17-9-5-6-10-20(17)13-14-11-15-7-3-4-8-16(15)19-12-14/h3-4,7-8,11-12,17H,2,5-6,9-10,13H2,1H3. The molecular weight excluding hydrogens is 276 g/mol. The Hall–Kier alpha value is -1.94. The smallest absolute Gasteiger partial charge is 0.323 e. The zero-order valence-electron chi connectivity index (χ0n) is 13.0. The Labute approximate surface area is 131 Å². The van der Waals surface area contributed by atoms with Crippen molar-refractivity contribution in [1.82, 2.24) is 9.88 Å². The van der Waals surface area contributed by atoms with E-state index >= 15 is 0 Å². The Morgan fingerprint density at radius 1 is 1.36 bits per heavy atom. The van der Waals surface area contributed by atoms with Gasteiger partial charge in [0, 0.05) is 18.1 Å². The molecule has 22 heavy (non-hydrogen) atoms. The molecule has 3 rings (SSSR count). The minimum absolute atomic E-state index is 0.0871. The zero-order valence-corrected chi connectivity index (χ0v) is 13.0. The second kappa shape index (κ2) is 6.88. The van der Waals surface area contributed by atoms with Crippen LogP contribution in [0.15, 0.2) is 36.5 Å². The molecule has 2 aromatic rings. The second-order valence-corrected chi connectivity index (χ2v) is 5.77. The van der Waals surface area contributed by atoms with Gasteiger partial charge in [-0.05, 0) is 44.0 Å². The molecule has 1 unspecified atom stereocenters. The maximum Gasteiger partial charge on any atom is 0.323 e. The van der Waals surface area contributed by atoms with E-state index in [2.05, 4.69) is 22.0 Å². The highest BCUT2D eigenvalue weighted by atomic mass is 16.5. The molecule has 1 aromatic heterocycles. The summed E-state index contributed by atoms with van der Waals surface area (Å²) < 4.78 is 5.22. The largest absolute Gasteiger partial charge is 0.465 e. The van der Waals surface area contributed by atoms with E-state index in [0.29, 0.717) is 6.61 Å². The van der Waals surface area contributed by atoms with Crippen LogP contribution in [0.1, 0.15) is 31.7 Å². The number of rotatable bonds is 4. The summed E-state index contributed by atoms with van der Waals surface area (Å²) in [5, 5.41) is 1.14. The number of carbonyl (C=O) groups excluding carboxylic acids is 1. The predicted molar refractivity (Wildman–Crippen MR) is 86.4 cm³/mol. The van der Waals surface area contributed by atoms with Crippen LogP contribution in [0.25, 0.3) is 10.9 Å². The number of pyridine rings is 1. The number of fused-ring (bicyclic) bond motifs is 1. The van der Waals surface area contributed by atoms with E-state index in [1.54, 1.807) is 0 Å². The third kappa shape index (κ3) is 3.28. The van der Waals surface area contributed by atoms with Gasteiger partial charge in [-0.1, -0.05) is 24.6 Å². The van der Waals surface area contributed by atoms with Crippen LogP contribution in [0.2, 0.25) is 0 Å². The van der Waals surface area contributed by atoms with Gasteiger partial charge < -0.3 is 4.74 Å². The number of benzene rings is 1. The predicted octanol–water partition coefficient (Wildman–Crippen LogP) is 3.15. The number of carbonyl (C=O) groups is 1. The zero-order chi connectivity index (χ0) is 15.4. The number of ether oxygens (including phenoxy) is 1. The summed E-state index contributed by atoms with van der Waals surface area (Å²) in [6, 6.07) is 10.2. The number of likely N-dealkylation sites (tertiary alicyclic amines) is 1. The maximum atomic E-state index is 12.1. The molecular formula is C18H22N2O2. The molecule has 2 heterocycles. The van der Waals surface area contributed by atoms with Crippen molar-refractivity contribution in [3.8, 4) is 0 Å². The van der Waals surface area contributed by atoms with Gasteiger partial charge >= 0.3 is 5.97 Å². The first kappa shape index (κ1) is 15.0. The van der Waals surface area contributed by atoms with Gasteiger partial charge in [-0.25, -0.2) is 0 Å². The fourth-order valence-electron chi connectivity index (χ4n) is 3.12. The van der Waals surface area contributed by atoms with Crippen LogP contribution >= 0.6 is 0 Å². The molecule has 1 atom stereocenters. The number of hydrogen-bond acceptors (Lipinski definition) is 4. The van der Waals surface area contributed by atoms with E-state index in [-0.39, 0.29) is 12.0 Å². The fourth-order valence-corrected chi connectivity index (χ4v) is 3.12. The molecule has 4 nitrogen and oxygen atoms in total. The average molecular weight is 298 g/mol. The van der Waals surface area contributed by atoms with Crippen LogP contribution in [0, 0.1) is 0 Å². The molecule has 0 N–H and O–H groups in total. The van der Waals surface area contributed by atoms with Crippen LogP contribution in [0.5, 0.6) is 0 Å². The number of esters is 1. The van der Waals surface area contributed by atoms with Gasteiger partial charge in [-0.2, -0.15) is 0 Å². The number of hydrogen-bond donors (Lipinski definition) is 0. The second-order valence-electron chi connectivity index (χ2n) is 5.77. The topological polar surface area (TPSA) is 42.4 Å². The van der Waals surface area contributed by atoms with Crippen LogP contribution in [-0.4, -0.2) is 35.0 Å². The molecule has 0 bridgehead atoms. The minimum atomic E-state index is -0.111. The van der Waals surface area contributed by atoms with Crippen molar-refractivity contribution in [1.29, 1.82) is 0 Å². The van der Waals surface area contributed by atoms with Gasteiger partial charge in [0.1, 0.15) is 6.04 Å². The van der Waals surface area contributed by atoms with E-state index in [4.69, 9.17) is 4.74 Å². The molecule has 1 aliphatic rings. The quantitative estimate of drug-likeness (QED) is 0.813. The van der Waals surface area contributed by atoms with Gasteiger partial charge in [0.2, 0.25) is 0 Å². The van der Waals surface area contributed by atoms with E-state index in [1.807, 2.05) is 31.3 Å². The summed E-state index contributed by atoms with van der Waals surface area (Å²) in [5.74, 6) is -0.0871. The number of aromatic nitrogens is 1. The molecule has 1 fully saturated rings. The van der Waals surface area contributed by atoms with Crippen LogP contribution in [-0.2, 0) is 16.1 Å². The minimum Gasteiger partial charge on any atom is -0.465 e. The third-order valence-corrected chi connectivity index (χ3v) is 4.21. The summed E-state index contributed by atoms with van der Waals surface area (Å²) in [7, 11) is 0. The molecule has 116 valence electrons. The van der Waals surface area contributed by atoms with Crippen LogP contribution in [0.3, 0.4) is 0 Å². The Bertz CT molecular complexity index is 656. The first-order valence-corrected chi connectivity index (χ1v) is 8.02. The highest BCUT2D eigenvalue weighted by Gasteiger charge is 2.29. The van der Waals surface area contributed by atoms with Crippen molar-refractivity contribution in [2.75, 3.05) is 13.2 Å². The Balaban J connectivity index is 1.77. The maximum absolute atomic E-state index is 12.1. The summed E-state index contributed by atoms with van der Waals surface area (Å²) in [6.45, 7) is 4.00. The van der Waals surface area contributed by atoms with Crippen molar-refractivity contribution in [3.63, 3.8) is 0 Å². The molecule has 0 radical (unpaired) electrons. The van der Waals surface area contributed by atoms with Crippen molar-refractivity contribution < 1.29 is 9.53 Å². The summed E-state index contributed by atoms with van der Waals surface area (Å²) in [5.41, 5.74) is 2.15. The fraction of sp³-hybridized carbons (Fsp3) is 0.444. The summed E-state index contributed by atoms with van der Waals surface area (Å²) in [6.07, 6.45) is 5.03. The third-order valence-electron chi connectivity index (χ3n) is 4.21. The van der Waals surface area contributed by atoms with Crippen molar-refractivity contribution >= 4 is 16.9 Å². The van der Waals surface area contributed by atoms with Crippen molar-refractivity contribution in [2.24, 2.45) is 0 Å². The molecule has 0 saturated carbocycles. The monoisotopic (exact) mass is 298 g/mol. The molecule has 1 aliphatic heterocycles. The van der Waals surface area contributed by atoms with Gasteiger partial charge in [0.05, 0.1) is 12.1 Å². The van der Waals surface area contributed by atoms with E-state index in [1.165, 1.54) is 0 Å². The average Bonchev–Trinajstić information content (AvgIpc) is 2.55. The first-order chi connectivity index (χ1) is 10.8. The first-order valence-electron chi connectivity index (χ1n) is 8.02. The number of para-hydroxylation sites is 1. The lowest BCUT2D eigenvalue weighted by Crippen LogP contribution is -2.44. The molecule has 0 spiro atoms. The highest BCUT2D eigenvalue weighted by Crippen LogP contribution is 2.22. The van der Waals surface area contributed by atoms with Gasteiger partial charge in [-0.3, -0.25) is 14.7 Å². The molecule has 1 aromatic carbocycles. The lowest BCUT2D eigenvalue weighted by molar-refractivity contribution is -0.151. The molecule has 0 amide bonds. The Morgan fingerprint density at radius 3 is 3.09 bits per heavy atom. The van der Waals surface area contributed by atoms with Gasteiger partial charge in [-0.15, -0.1) is 0 Å². The van der Waals surface area contributed by atoms with Gasteiger partial charge in [0.25, 0.3) is 0 Å². The summed E-state index contributed by atoms with van der Waals surface area (Å²) >= 11 is 0. The molecule has 1 saturated heterocycles. The van der Waals surface area contributed by atoms with Crippen molar-refractivity contribution in [3.05, 3.63) is 42.1 Å². The lowest BCUT2D eigenvalue weighted by atomic mass is 10.0.